The first-order valence-corrected chi connectivity index (χ1v) is 4.19. The van der Waals surface area contributed by atoms with Crippen LogP contribution in [0.15, 0.2) is 18.2 Å². The molecule has 0 saturated heterocycles. The second-order valence-corrected chi connectivity index (χ2v) is 2.80. The van der Waals surface area contributed by atoms with Gasteiger partial charge in [0.2, 0.25) is 0 Å². The fourth-order valence-corrected chi connectivity index (χ4v) is 1.03. The van der Waals surface area contributed by atoms with Crippen LogP contribution in [0.2, 0.25) is 0 Å². The Labute approximate surface area is 88.8 Å². The molecule has 0 amide bonds. The van der Waals surface area contributed by atoms with Gasteiger partial charge in [-0.3, -0.25) is 14.9 Å². The fraction of sp³-hybridized carbons (Fsp3) is 0.222. The number of ether oxygens (including phenoxy) is 1. The number of aldehydes is 1. The molecule has 0 atom stereocenters. The van der Waals surface area contributed by atoms with E-state index in [1.54, 1.807) is 0 Å². The van der Waals surface area contributed by atoms with Crippen LogP contribution >= 0.6 is 0 Å². The van der Waals surface area contributed by atoms with Gasteiger partial charge in [0.25, 0.3) is 6.43 Å². The Bertz CT molecular complexity index is 408. The number of rotatable bonds is 5. The van der Waals surface area contributed by atoms with Crippen molar-refractivity contribution in [2.24, 2.45) is 0 Å². The summed E-state index contributed by atoms with van der Waals surface area (Å²) in [6, 6.07) is 3.33. The van der Waals surface area contributed by atoms with Gasteiger partial charge in [0.05, 0.1) is 4.92 Å². The van der Waals surface area contributed by atoms with Gasteiger partial charge >= 0.3 is 5.69 Å². The topological polar surface area (TPSA) is 69.4 Å². The van der Waals surface area contributed by atoms with Gasteiger partial charge in [-0.05, 0) is 12.1 Å². The van der Waals surface area contributed by atoms with Crippen LogP contribution in [0.25, 0.3) is 0 Å². The molecular weight excluding hydrogens is 224 g/mol. The predicted octanol–water partition coefficient (Wildman–Crippen LogP) is 2.05. The molecule has 1 aromatic rings. The monoisotopic (exact) mass is 231 g/mol. The quantitative estimate of drug-likeness (QED) is 0.441. The third-order valence-electron chi connectivity index (χ3n) is 1.68. The number of nitro benzene ring substituents is 1. The molecule has 0 fully saturated rings. The maximum atomic E-state index is 11.8. The minimum absolute atomic E-state index is 0.0797. The summed E-state index contributed by atoms with van der Waals surface area (Å²) in [6.45, 7) is -0.929. The van der Waals surface area contributed by atoms with Crippen molar-refractivity contribution in [3.8, 4) is 5.75 Å². The van der Waals surface area contributed by atoms with E-state index in [4.69, 9.17) is 0 Å². The minimum Gasteiger partial charge on any atom is -0.481 e. The Morgan fingerprint density at radius 1 is 1.50 bits per heavy atom. The molecule has 0 radical (unpaired) electrons. The molecule has 1 rings (SSSR count). The predicted molar refractivity (Wildman–Crippen MR) is 50.0 cm³/mol. The van der Waals surface area contributed by atoms with Crippen molar-refractivity contribution in [1.29, 1.82) is 0 Å². The van der Waals surface area contributed by atoms with Crippen molar-refractivity contribution in [2.45, 2.75) is 6.43 Å². The summed E-state index contributed by atoms with van der Waals surface area (Å²) in [4.78, 5) is 20.1. The Kier molecular flexibility index (Phi) is 3.87. The zero-order valence-electron chi connectivity index (χ0n) is 7.93. The number of carbonyl (C=O) groups is 1. The van der Waals surface area contributed by atoms with Gasteiger partial charge in [-0.25, -0.2) is 8.78 Å². The highest BCUT2D eigenvalue weighted by atomic mass is 19.3. The molecule has 86 valence electrons. The van der Waals surface area contributed by atoms with Crippen molar-refractivity contribution in [3.05, 3.63) is 33.9 Å². The standard InChI is InChI=1S/C9H7F2NO4/c10-9(11)5-16-8-2-1-6(4-13)3-7(8)12(14)15/h1-4,9H,5H2. The Hall–Kier alpha value is -2.05. The summed E-state index contributed by atoms with van der Waals surface area (Å²) in [7, 11) is 0. The number of hydrogen-bond donors (Lipinski definition) is 0. The summed E-state index contributed by atoms with van der Waals surface area (Å²) in [5.74, 6) is -0.282. The largest absolute Gasteiger partial charge is 0.481 e. The molecule has 0 aliphatic carbocycles. The summed E-state index contributed by atoms with van der Waals surface area (Å²) >= 11 is 0. The lowest BCUT2D eigenvalue weighted by Crippen LogP contribution is -2.08. The molecule has 0 aromatic heterocycles. The summed E-state index contributed by atoms with van der Waals surface area (Å²) in [5.41, 5.74) is -0.429. The first-order chi connectivity index (χ1) is 7.54. The third-order valence-corrected chi connectivity index (χ3v) is 1.68. The van der Waals surface area contributed by atoms with E-state index in [2.05, 4.69) is 4.74 Å². The smallest absolute Gasteiger partial charge is 0.311 e. The van der Waals surface area contributed by atoms with Gasteiger partial charge in [-0.15, -0.1) is 0 Å². The summed E-state index contributed by atoms with van der Waals surface area (Å²) in [6.07, 6.45) is -2.30. The Morgan fingerprint density at radius 2 is 2.19 bits per heavy atom. The molecule has 7 heteroatoms. The Balaban J connectivity index is 2.98. The SMILES string of the molecule is O=Cc1ccc(OCC(F)F)c([N+](=O)[O-])c1. The lowest BCUT2D eigenvalue weighted by atomic mass is 10.2. The summed E-state index contributed by atoms with van der Waals surface area (Å²) < 4.78 is 28.2. The maximum absolute atomic E-state index is 11.8. The number of alkyl halides is 2. The first-order valence-electron chi connectivity index (χ1n) is 4.19. The van der Waals surface area contributed by atoms with Gasteiger partial charge in [0, 0.05) is 11.6 Å². The highest BCUT2D eigenvalue weighted by molar-refractivity contribution is 5.77. The van der Waals surface area contributed by atoms with Crippen molar-refractivity contribution in [1.82, 2.24) is 0 Å². The van der Waals surface area contributed by atoms with Crippen LogP contribution in [-0.4, -0.2) is 24.2 Å². The molecule has 0 spiro atoms. The molecule has 0 heterocycles. The van der Waals surface area contributed by atoms with E-state index < -0.39 is 23.6 Å². The molecule has 1 aromatic carbocycles. The average Bonchev–Trinajstić information content (AvgIpc) is 2.25. The molecule has 0 aliphatic heterocycles. The van der Waals surface area contributed by atoms with E-state index >= 15 is 0 Å². The molecule has 5 nitrogen and oxygen atoms in total. The van der Waals surface area contributed by atoms with Gasteiger partial charge in [0.1, 0.15) is 12.9 Å². The fourth-order valence-electron chi connectivity index (χ4n) is 1.03. The second-order valence-electron chi connectivity index (χ2n) is 2.80. The highest BCUT2D eigenvalue weighted by Crippen LogP contribution is 2.27. The van der Waals surface area contributed by atoms with E-state index in [0.717, 1.165) is 12.1 Å². The van der Waals surface area contributed by atoms with E-state index in [0.29, 0.717) is 6.29 Å². The normalized spacial score (nSPS) is 10.2. The second kappa shape index (κ2) is 5.15. The van der Waals surface area contributed by atoms with Gasteiger partial charge in [-0.2, -0.15) is 0 Å². The molecule has 0 aliphatic rings. The number of halogens is 2. The zero-order chi connectivity index (χ0) is 12.1. The molecular formula is C9H7F2NO4. The van der Waals surface area contributed by atoms with Crippen LogP contribution in [-0.2, 0) is 0 Å². The van der Waals surface area contributed by atoms with Crippen LogP contribution in [0.3, 0.4) is 0 Å². The van der Waals surface area contributed by atoms with Crippen molar-refractivity contribution in [3.63, 3.8) is 0 Å². The number of benzene rings is 1. The minimum atomic E-state index is -2.72. The zero-order valence-corrected chi connectivity index (χ0v) is 7.93. The van der Waals surface area contributed by atoms with Gasteiger partial charge in [0.15, 0.2) is 5.75 Å². The number of nitro groups is 1. The van der Waals surface area contributed by atoms with Gasteiger partial charge < -0.3 is 4.74 Å². The number of nitrogens with zero attached hydrogens (tertiary/aromatic N) is 1. The van der Waals surface area contributed by atoms with Gasteiger partial charge in [-0.1, -0.05) is 0 Å². The molecule has 16 heavy (non-hydrogen) atoms. The first kappa shape index (κ1) is 12.0. The van der Waals surface area contributed by atoms with Crippen molar-refractivity contribution >= 4 is 12.0 Å². The maximum Gasteiger partial charge on any atom is 0.311 e. The van der Waals surface area contributed by atoms with Crippen LogP contribution < -0.4 is 4.74 Å². The lowest BCUT2D eigenvalue weighted by Gasteiger charge is -2.05. The van der Waals surface area contributed by atoms with E-state index in [1.807, 2.05) is 0 Å². The van der Waals surface area contributed by atoms with E-state index in [-0.39, 0.29) is 11.3 Å². The van der Waals surface area contributed by atoms with Crippen molar-refractivity contribution < 1.29 is 23.2 Å². The number of carbonyl (C=O) groups excluding carboxylic acids is 1. The molecule has 0 unspecified atom stereocenters. The van der Waals surface area contributed by atoms with E-state index in [1.165, 1.54) is 6.07 Å². The van der Waals surface area contributed by atoms with Crippen LogP contribution in [0.1, 0.15) is 10.4 Å². The lowest BCUT2D eigenvalue weighted by molar-refractivity contribution is -0.386. The van der Waals surface area contributed by atoms with Crippen molar-refractivity contribution in [2.75, 3.05) is 6.61 Å². The summed E-state index contributed by atoms with van der Waals surface area (Å²) in [5, 5.41) is 10.6. The Morgan fingerprint density at radius 3 is 2.69 bits per heavy atom. The highest BCUT2D eigenvalue weighted by Gasteiger charge is 2.17. The molecule has 0 N–H and O–H groups in total. The number of hydrogen-bond acceptors (Lipinski definition) is 4. The van der Waals surface area contributed by atoms with Crippen LogP contribution in [0.5, 0.6) is 5.75 Å². The average molecular weight is 231 g/mol. The van der Waals surface area contributed by atoms with Crippen LogP contribution in [0.4, 0.5) is 14.5 Å². The van der Waals surface area contributed by atoms with E-state index in [9.17, 15) is 23.7 Å². The molecule has 0 bridgehead atoms. The molecule has 0 saturated carbocycles. The third kappa shape index (κ3) is 2.97. The van der Waals surface area contributed by atoms with Crippen LogP contribution in [0, 0.1) is 10.1 Å².